The van der Waals surface area contributed by atoms with E-state index in [9.17, 15) is 0 Å². The van der Waals surface area contributed by atoms with Gasteiger partial charge in [0, 0.05) is 31.3 Å². The first-order valence-electron chi connectivity index (χ1n) is 5.19. The highest BCUT2D eigenvalue weighted by atomic mass is 15.1. The van der Waals surface area contributed by atoms with Gasteiger partial charge in [0.2, 0.25) is 0 Å². The lowest BCUT2D eigenvalue weighted by Crippen LogP contribution is -2.93. The van der Waals surface area contributed by atoms with Crippen molar-refractivity contribution in [2.75, 3.05) is 20.1 Å². The molecule has 3 heteroatoms. The Morgan fingerprint density at radius 3 is 2.57 bits per heavy atom. The molecule has 0 aliphatic carbocycles. The molecule has 1 aliphatic rings. The second-order valence-electron chi connectivity index (χ2n) is 5.19. The van der Waals surface area contributed by atoms with Crippen molar-refractivity contribution in [3.05, 3.63) is 11.3 Å². The van der Waals surface area contributed by atoms with Crippen molar-refractivity contribution in [3.8, 4) is 0 Å². The van der Waals surface area contributed by atoms with Gasteiger partial charge in [-0.2, -0.15) is 0 Å². The summed E-state index contributed by atoms with van der Waals surface area (Å²) in [6, 6.07) is 0. The molecule has 0 radical (unpaired) electrons. The Kier molecular flexibility index (Phi) is 3.45. The molecule has 0 saturated heterocycles. The smallest absolute Gasteiger partial charge is 0.113 e. The van der Waals surface area contributed by atoms with E-state index in [4.69, 9.17) is 5.41 Å². The molecule has 0 saturated carbocycles. The second kappa shape index (κ2) is 4.24. The lowest BCUT2D eigenvalue weighted by molar-refractivity contribution is -0.676. The van der Waals surface area contributed by atoms with Crippen LogP contribution >= 0.6 is 0 Å². The minimum absolute atomic E-state index is 0.222. The SMILES string of the molecule is CN1CCC([NH2+]C(C)(C)C)=C(C=N)C1. The van der Waals surface area contributed by atoms with Gasteiger partial charge in [-0.1, -0.05) is 0 Å². The maximum absolute atomic E-state index is 7.40. The largest absolute Gasteiger partial charge is 0.313 e. The van der Waals surface area contributed by atoms with Crippen LogP contribution in [-0.2, 0) is 0 Å². The van der Waals surface area contributed by atoms with Crippen LogP contribution in [0.1, 0.15) is 27.2 Å². The zero-order valence-electron chi connectivity index (χ0n) is 9.72. The van der Waals surface area contributed by atoms with E-state index < -0.39 is 0 Å². The monoisotopic (exact) mass is 196 g/mol. The summed E-state index contributed by atoms with van der Waals surface area (Å²) in [5.41, 5.74) is 2.76. The van der Waals surface area contributed by atoms with Crippen LogP contribution in [0.25, 0.3) is 0 Å². The van der Waals surface area contributed by atoms with Gasteiger partial charge >= 0.3 is 0 Å². The van der Waals surface area contributed by atoms with Crippen LogP contribution < -0.4 is 5.32 Å². The van der Waals surface area contributed by atoms with E-state index in [-0.39, 0.29) is 5.54 Å². The lowest BCUT2D eigenvalue weighted by atomic mass is 10.0. The van der Waals surface area contributed by atoms with Crippen LogP contribution in [0.5, 0.6) is 0 Å². The predicted octanol–water partition coefficient (Wildman–Crippen LogP) is 0.587. The molecule has 80 valence electrons. The van der Waals surface area contributed by atoms with E-state index in [1.807, 2.05) is 0 Å². The zero-order valence-corrected chi connectivity index (χ0v) is 9.72. The average Bonchev–Trinajstić information content (AvgIpc) is 2.06. The zero-order chi connectivity index (χ0) is 10.8. The summed E-state index contributed by atoms with van der Waals surface area (Å²) in [6.07, 6.45) is 2.59. The van der Waals surface area contributed by atoms with Crippen molar-refractivity contribution in [1.29, 1.82) is 5.41 Å². The maximum atomic E-state index is 7.40. The normalized spacial score (nSPS) is 20.0. The van der Waals surface area contributed by atoms with E-state index in [0.717, 1.165) is 19.5 Å². The first-order chi connectivity index (χ1) is 6.42. The van der Waals surface area contributed by atoms with Crippen molar-refractivity contribution in [2.24, 2.45) is 0 Å². The summed E-state index contributed by atoms with van der Waals surface area (Å²) < 4.78 is 0. The van der Waals surface area contributed by atoms with E-state index >= 15 is 0 Å². The van der Waals surface area contributed by atoms with Gasteiger partial charge in [-0.15, -0.1) is 0 Å². The predicted molar refractivity (Wildman–Crippen MR) is 59.6 cm³/mol. The molecule has 1 aliphatic heterocycles. The van der Waals surface area contributed by atoms with Crippen molar-refractivity contribution < 1.29 is 5.32 Å². The molecule has 3 N–H and O–H groups in total. The fourth-order valence-electron chi connectivity index (χ4n) is 1.77. The summed E-state index contributed by atoms with van der Waals surface area (Å²) in [4.78, 5) is 2.26. The average molecular weight is 196 g/mol. The molecule has 0 bridgehead atoms. The Labute approximate surface area is 86.7 Å². The first-order valence-corrected chi connectivity index (χ1v) is 5.19. The fraction of sp³-hybridized carbons (Fsp3) is 0.727. The van der Waals surface area contributed by atoms with Crippen LogP contribution in [0.4, 0.5) is 0 Å². The van der Waals surface area contributed by atoms with E-state index in [1.165, 1.54) is 17.5 Å². The van der Waals surface area contributed by atoms with Crippen molar-refractivity contribution >= 4 is 6.21 Å². The molecule has 0 fully saturated rings. The number of rotatable bonds is 2. The van der Waals surface area contributed by atoms with Crippen LogP contribution in [0, 0.1) is 5.41 Å². The van der Waals surface area contributed by atoms with Gasteiger partial charge in [0.05, 0.1) is 5.54 Å². The van der Waals surface area contributed by atoms with Gasteiger partial charge in [0.1, 0.15) is 5.70 Å². The standard InChI is InChI=1S/C11H21N3/c1-11(2,3)13-10-5-6-14(4)8-9(10)7-12/h7,12-13H,5-6,8H2,1-4H3/p+1. The Hall–Kier alpha value is -0.670. The van der Waals surface area contributed by atoms with Crippen molar-refractivity contribution in [3.63, 3.8) is 0 Å². The van der Waals surface area contributed by atoms with Crippen molar-refractivity contribution in [1.82, 2.24) is 4.90 Å². The van der Waals surface area contributed by atoms with Gasteiger partial charge in [-0.25, -0.2) is 0 Å². The van der Waals surface area contributed by atoms with E-state index in [2.05, 4.69) is 38.0 Å². The topological polar surface area (TPSA) is 43.7 Å². The Bertz CT molecular complexity index is 248. The van der Waals surface area contributed by atoms with Gasteiger partial charge in [0.25, 0.3) is 0 Å². The van der Waals surface area contributed by atoms with Crippen molar-refractivity contribution in [2.45, 2.75) is 32.7 Å². The van der Waals surface area contributed by atoms with Crippen LogP contribution in [0.3, 0.4) is 0 Å². The summed E-state index contributed by atoms with van der Waals surface area (Å²) >= 11 is 0. The summed E-state index contributed by atoms with van der Waals surface area (Å²) in [5.74, 6) is 0. The maximum Gasteiger partial charge on any atom is 0.113 e. The molecule has 1 heterocycles. The number of nitrogens with zero attached hydrogens (tertiary/aromatic N) is 1. The number of hydrogen-bond acceptors (Lipinski definition) is 2. The quantitative estimate of drug-likeness (QED) is 0.624. The van der Waals surface area contributed by atoms with Gasteiger partial charge in [0.15, 0.2) is 0 Å². The van der Waals surface area contributed by atoms with Crippen LogP contribution in [-0.4, -0.2) is 36.8 Å². The van der Waals surface area contributed by atoms with Crippen LogP contribution in [0.15, 0.2) is 11.3 Å². The van der Waals surface area contributed by atoms with E-state index in [1.54, 1.807) is 0 Å². The third kappa shape index (κ3) is 3.24. The number of nitrogens with two attached hydrogens (primary N) is 1. The highest BCUT2D eigenvalue weighted by molar-refractivity contribution is 5.77. The molecule has 0 spiro atoms. The molecule has 3 nitrogen and oxygen atoms in total. The minimum Gasteiger partial charge on any atom is -0.313 e. The molecule has 0 aromatic heterocycles. The second-order valence-corrected chi connectivity index (χ2v) is 5.19. The number of nitrogens with one attached hydrogen (secondary N) is 1. The highest BCUT2D eigenvalue weighted by Crippen LogP contribution is 2.10. The third-order valence-corrected chi connectivity index (χ3v) is 2.40. The highest BCUT2D eigenvalue weighted by Gasteiger charge is 2.23. The Morgan fingerprint density at radius 2 is 2.07 bits per heavy atom. The Balaban J connectivity index is 2.78. The molecule has 0 atom stereocenters. The van der Waals surface area contributed by atoms with E-state index in [0.29, 0.717) is 0 Å². The summed E-state index contributed by atoms with van der Waals surface area (Å²) in [5, 5.41) is 9.70. The molecule has 14 heavy (non-hydrogen) atoms. The molecule has 0 aromatic rings. The molecule has 0 aromatic carbocycles. The Morgan fingerprint density at radius 1 is 1.43 bits per heavy atom. The summed E-state index contributed by atoms with van der Waals surface area (Å²) in [6.45, 7) is 8.66. The number of hydrogen-bond donors (Lipinski definition) is 2. The molecular formula is C11H22N3+. The lowest BCUT2D eigenvalue weighted by Gasteiger charge is -2.27. The molecule has 0 amide bonds. The molecule has 0 unspecified atom stereocenters. The number of quaternary nitrogens is 1. The van der Waals surface area contributed by atoms with Gasteiger partial charge < -0.3 is 15.6 Å². The summed E-state index contributed by atoms with van der Waals surface area (Å²) in [7, 11) is 2.11. The van der Waals surface area contributed by atoms with Crippen LogP contribution in [0.2, 0.25) is 0 Å². The molecule has 1 rings (SSSR count). The third-order valence-electron chi connectivity index (χ3n) is 2.40. The fourth-order valence-corrected chi connectivity index (χ4v) is 1.77. The number of likely N-dealkylation sites (N-methyl/N-ethyl adjacent to an activating group) is 1. The van der Waals surface area contributed by atoms with Gasteiger partial charge in [-0.05, 0) is 27.8 Å². The first kappa shape index (κ1) is 11.4. The minimum atomic E-state index is 0.222. The molecular weight excluding hydrogens is 174 g/mol. The van der Waals surface area contributed by atoms with Gasteiger partial charge in [-0.3, -0.25) is 0 Å².